The molecule has 0 saturated heterocycles. The Labute approximate surface area is 113 Å². The second-order valence-electron chi connectivity index (χ2n) is 4.03. The summed E-state index contributed by atoms with van der Waals surface area (Å²) in [5.41, 5.74) is 0.838. The maximum atomic E-state index is 13.4. The van der Waals surface area contributed by atoms with Crippen molar-refractivity contribution in [1.29, 1.82) is 0 Å². The molecule has 0 atom stereocenters. The van der Waals surface area contributed by atoms with E-state index < -0.39 is 12.2 Å². The van der Waals surface area contributed by atoms with E-state index in [9.17, 15) is 17.6 Å². The maximum absolute atomic E-state index is 13.4. The van der Waals surface area contributed by atoms with Crippen LogP contribution in [0.1, 0.15) is 5.56 Å². The lowest BCUT2D eigenvalue weighted by molar-refractivity contribution is -0.274. The number of rotatable bonds is 4. The number of para-hydroxylation sites is 1. The molecule has 0 unspecified atom stereocenters. The highest BCUT2D eigenvalue weighted by atomic mass is 19.4. The summed E-state index contributed by atoms with van der Waals surface area (Å²) in [6, 6.07) is 11.6. The van der Waals surface area contributed by atoms with Crippen molar-refractivity contribution in [3.8, 4) is 5.75 Å². The van der Waals surface area contributed by atoms with Gasteiger partial charge in [-0.1, -0.05) is 24.3 Å². The van der Waals surface area contributed by atoms with Crippen molar-refractivity contribution >= 4 is 5.69 Å². The summed E-state index contributed by atoms with van der Waals surface area (Å²) in [5, 5.41) is 2.81. The first-order chi connectivity index (χ1) is 9.44. The summed E-state index contributed by atoms with van der Waals surface area (Å²) < 4.78 is 53.4. The Hall–Kier alpha value is -2.24. The largest absolute Gasteiger partial charge is 0.573 e. The van der Waals surface area contributed by atoms with Crippen molar-refractivity contribution < 1.29 is 22.3 Å². The zero-order valence-electron chi connectivity index (χ0n) is 10.2. The molecule has 0 aliphatic rings. The molecule has 0 aliphatic heterocycles. The van der Waals surface area contributed by atoms with Crippen LogP contribution in [0.25, 0.3) is 0 Å². The lowest BCUT2D eigenvalue weighted by atomic mass is 10.2. The minimum Gasteiger partial charge on any atom is -0.406 e. The smallest absolute Gasteiger partial charge is 0.406 e. The van der Waals surface area contributed by atoms with Gasteiger partial charge in [-0.2, -0.15) is 0 Å². The fraction of sp³-hybridized carbons (Fsp3) is 0.143. The molecule has 0 saturated carbocycles. The number of alkyl halides is 3. The molecule has 1 N–H and O–H groups in total. The van der Waals surface area contributed by atoms with Crippen LogP contribution in [0.2, 0.25) is 0 Å². The molecule has 0 aliphatic carbocycles. The monoisotopic (exact) mass is 285 g/mol. The van der Waals surface area contributed by atoms with Crippen LogP contribution in [0.4, 0.5) is 23.2 Å². The van der Waals surface area contributed by atoms with Crippen molar-refractivity contribution in [2.24, 2.45) is 0 Å². The minimum absolute atomic E-state index is 0.190. The third-order valence-electron chi connectivity index (χ3n) is 2.49. The molecule has 0 spiro atoms. The van der Waals surface area contributed by atoms with Crippen LogP contribution in [0, 0.1) is 5.82 Å². The van der Waals surface area contributed by atoms with E-state index in [0.29, 0.717) is 5.56 Å². The number of hydrogen-bond donors (Lipinski definition) is 1. The van der Waals surface area contributed by atoms with Gasteiger partial charge >= 0.3 is 6.36 Å². The first-order valence-electron chi connectivity index (χ1n) is 5.77. The van der Waals surface area contributed by atoms with Crippen molar-refractivity contribution in [1.82, 2.24) is 0 Å². The zero-order chi connectivity index (χ0) is 14.6. The van der Waals surface area contributed by atoms with E-state index in [1.165, 1.54) is 24.3 Å². The van der Waals surface area contributed by atoms with Gasteiger partial charge < -0.3 is 10.1 Å². The fourth-order valence-electron chi connectivity index (χ4n) is 1.65. The number of hydrogen-bond acceptors (Lipinski definition) is 2. The van der Waals surface area contributed by atoms with Gasteiger partial charge in [0.25, 0.3) is 0 Å². The average molecular weight is 285 g/mol. The summed E-state index contributed by atoms with van der Waals surface area (Å²) >= 11 is 0. The van der Waals surface area contributed by atoms with Crippen molar-refractivity contribution in [3.05, 3.63) is 59.9 Å². The first kappa shape index (κ1) is 14.2. The normalized spacial score (nSPS) is 11.2. The Kier molecular flexibility index (Phi) is 4.12. The van der Waals surface area contributed by atoms with Crippen LogP contribution in [-0.2, 0) is 6.54 Å². The van der Waals surface area contributed by atoms with Gasteiger partial charge in [0.2, 0.25) is 0 Å². The molecule has 106 valence electrons. The fourth-order valence-corrected chi connectivity index (χ4v) is 1.65. The number of halogens is 4. The highest BCUT2D eigenvalue weighted by Crippen LogP contribution is 2.23. The number of nitrogens with one attached hydrogen (secondary N) is 1. The van der Waals surface area contributed by atoms with E-state index >= 15 is 0 Å². The van der Waals surface area contributed by atoms with Crippen molar-refractivity contribution in [2.75, 3.05) is 5.32 Å². The van der Waals surface area contributed by atoms with Gasteiger partial charge in [0.1, 0.15) is 11.6 Å². The summed E-state index contributed by atoms with van der Waals surface area (Å²) in [6.07, 6.45) is -4.72. The summed E-state index contributed by atoms with van der Waals surface area (Å²) in [6.45, 7) is 0.190. The van der Waals surface area contributed by atoms with Crippen molar-refractivity contribution in [2.45, 2.75) is 12.9 Å². The molecular weight excluding hydrogens is 274 g/mol. The molecular formula is C14H11F4NO. The van der Waals surface area contributed by atoms with E-state index in [1.54, 1.807) is 24.3 Å². The van der Waals surface area contributed by atoms with Gasteiger partial charge in [0, 0.05) is 6.54 Å². The van der Waals surface area contributed by atoms with Crippen LogP contribution in [0.15, 0.2) is 48.5 Å². The molecule has 6 heteroatoms. The minimum atomic E-state index is -4.72. The van der Waals surface area contributed by atoms with E-state index in [0.717, 1.165) is 0 Å². The van der Waals surface area contributed by atoms with Crippen LogP contribution in [-0.4, -0.2) is 6.36 Å². The maximum Gasteiger partial charge on any atom is 0.573 e. The van der Waals surface area contributed by atoms with Crippen LogP contribution in [0.3, 0.4) is 0 Å². The third-order valence-corrected chi connectivity index (χ3v) is 2.49. The molecule has 0 amide bonds. The third kappa shape index (κ3) is 4.15. The van der Waals surface area contributed by atoms with E-state index in [2.05, 4.69) is 10.1 Å². The molecule has 2 nitrogen and oxygen atoms in total. The molecule has 2 rings (SSSR count). The Balaban J connectivity index is 2.03. The Morgan fingerprint density at radius 3 is 2.45 bits per heavy atom. The lowest BCUT2D eigenvalue weighted by Crippen LogP contribution is -2.17. The van der Waals surface area contributed by atoms with Gasteiger partial charge in [-0.25, -0.2) is 4.39 Å². The molecule has 2 aromatic carbocycles. The second-order valence-corrected chi connectivity index (χ2v) is 4.03. The molecule has 2 aromatic rings. The number of ether oxygens (including phenoxy) is 1. The van der Waals surface area contributed by atoms with E-state index in [4.69, 9.17) is 0 Å². The second kappa shape index (κ2) is 5.81. The van der Waals surface area contributed by atoms with Crippen molar-refractivity contribution in [3.63, 3.8) is 0 Å². The predicted molar refractivity (Wildman–Crippen MR) is 66.9 cm³/mol. The topological polar surface area (TPSA) is 21.3 Å². The number of benzene rings is 2. The Morgan fingerprint density at radius 1 is 1.00 bits per heavy atom. The van der Waals surface area contributed by atoms with Crippen LogP contribution < -0.4 is 10.1 Å². The summed E-state index contributed by atoms with van der Waals surface area (Å²) in [7, 11) is 0. The quantitative estimate of drug-likeness (QED) is 0.844. The standard InChI is InChI=1S/C14H11F4NO/c15-12-6-1-2-7-13(12)19-9-10-4-3-5-11(8-10)20-14(16,17)18/h1-8,19H,9H2. The summed E-state index contributed by atoms with van der Waals surface area (Å²) in [4.78, 5) is 0. The first-order valence-corrected chi connectivity index (χ1v) is 5.77. The molecule has 0 bridgehead atoms. The SMILES string of the molecule is Fc1ccccc1NCc1cccc(OC(F)(F)F)c1. The van der Waals surface area contributed by atoms with Crippen LogP contribution >= 0.6 is 0 Å². The molecule has 0 fully saturated rings. The van der Waals surface area contributed by atoms with E-state index in [-0.39, 0.29) is 18.0 Å². The Morgan fingerprint density at radius 2 is 1.75 bits per heavy atom. The highest BCUT2D eigenvalue weighted by Gasteiger charge is 2.31. The zero-order valence-corrected chi connectivity index (χ0v) is 10.2. The number of anilines is 1. The van der Waals surface area contributed by atoms with Gasteiger partial charge in [0.15, 0.2) is 0 Å². The summed E-state index contributed by atoms with van der Waals surface area (Å²) in [5.74, 6) is -0.722. The van der Waals surface area contributed by atoms with Gasteiger partial charge in [-0.15, -0.1) is 13.2 Å². The molecule has 0 aromatic heterocycles. The van der Waals surface area contributed by atoms with Gasteiger partial charge in [-0.05, 0) is 29.8 Å². The predicted octanol–water partition coefficient (Wildman–Crippen LogP) is 4.34. The molecule has 0 radical (unpaired) electrons. The average Bonchev–Trinajstić information content (AvgIpc) is 2.36. The highest BCUT2D eigenvalue weighted by molar-refractivity contribution is 5.45. The van der Waals surface area contributed by atoms with Gasteiger partial charge in [0.05, 0.1) is 5.69 Å². The lowest BCUT2D eigenvalue weighted by Gasteiger charge is -2.11. The Bertz CT molecular complexity index is 583. The van der Waals surface area contributed by atoms with Crippen LogP contribution in [0.5, 0.6) is 5.75 Å². The molecule has 0 heterocycles. The van der Waals surface area contributed by atoms with Gasteiger partial charge in [-0.3, -0.25) is 0 Å². The molecule has 20 heavy (non-hydrogen) atoms. The van der Waals surface area contributed by atoms with E-state index in [1.807, 2.05) is 0 Å².